The van der Waals surface area contributed by atoms with Crippen molar-refractivity contribution in [1.82, 2.24) is 10.2 Å². The predicted octanol–water partition coefficient (Wildman–Crippen LogP) is 4.17. The Morgan fingerprint density at radius 1 is 0.967 bits per heavy atom. The molecule has 2 aliphatic rings. The molecule has 0 aliphatic heterocycles. The van der Waals surface area contributed by atoms with Gasteiger partial charge in [0.05, 0.1) is 12.0 Å². The Morgan fingerprint density at radius 3 is 2.30 bits per heavy atom. The third kappa shape index (κ3) is 5.27. The van der Waals surface area contributed by atoms with E-state index in [1.165, 1.54) is 24.2 Å². The van der Waals surface area contributed by atoms with Crippen molar-refractivity contribution in [2.24, 2.45) is 5.92 Å². The standard InChI is InChI=1S/C21H26N4O4S/c26-18(23-21-25-24-20(30-21)22-15-3-1-2-4-15)13-5-9-16(10-6-13)29-17-11-7-14(8-12-17)19(27)28/h5-6,9-10,14-15,17H,1-4,7-8,11-12H2,(H,22,24)(H,27,28)(H,23,25,26). The zero-order valence-electron chi connectivity index (χ0n) is 16.7. The van der Waals surface area contributed by atoms with Crippen LogP contribution in [0.4, 0.5) is 10.3 Å². The van der Waals surface area contributed by atoms with E-state index in [0.717, 1.165) is 30.8 Å². The van der Waals surface area contributed by atoms with Gasteiger partial charge in [-0.25, -0.2) is 0 Å². The first-order chi connectivity index (χ1) is 14.6. The van der Waals surface area contributed by atoms with Crippen LogP contribution in [0.5, 0.6) is 5.75 Å². The molecule has 0 spiro atoms. The molecule has 2 aromatic rings. The van der Waals surface area contributed by atoms with E-state index in [4.69, 9.17) is 9.84 Å². The molecular weight excluding hydrogens is 404 g/mol. The number of aliphatic carboxylic acids is 1. The fourth-order valence-corrected chi connectivity index (χ4v) is 4.77. The van der Waals surface area contributed by atoms with Gasteiger partial charge in [-0.15, -0.1) is 10.2 Å². The molecule has 0 radical (unpaired) electrons. The van der Waals surface area contributed by atoms with E-state index < -0.39 is 5.97 Å². The summed E-state index contributed by atoms with van der Waals surface area (Å²) in [6.45, 7) is 0. The van der Waals surface area contributed by atoms with E-state index in [1.807, 2.05) is 0 Å². The maximum absolute atomic E-state index is 12.5. The third-order valence-electron chi connectivity index (χ3n) is 5.77. The van der Waals surface area contributed by atoms with Crippen molar-refractivity contribution < 1.29 is 19.4 Å². The first kappa shape index (κ1) is 20.6. The summed E-state index contributed by atoms with van der Waals surface area (Å²) in [7, 11) is 0. The van der Waals surface area contributed by atoms with E-state index in [1.54, 1.807) is 24.3 Å². The molecule has 0 saturated heterocycles. The summed E-state index contributed by atoms with van der Waals surface area (Å²) < 4.78 is 5.95. The van der Waals surface area contributed by atoms with Crippen LogP contribution in [0.3, 0.4) is 0 Å². The molecule has 30 heavy (non-hydrogen) atoms. The van der Waals surface area contributed by atoms with Crippen molar-refractivity contribution in [1.29, 1.82) is 0 Å². The predicted molar refractivity (Wildman–Crippen MR) is 114 cm³/mol. The number of benzene rings is 1. The van der Waals surface area contributed by atoms with Gasteiger partial charge in [0.2, 0.25) is 10.3 Å². The highest BCUT2D eigenvalue weighted by molar-refractivity contribution is 7.19. The third-order valence-corrected chi connectivity index (χ3v) is 6.54. The molecule has 2 saturated carbocycles. The van der Waals surface area contributed by atoms with E-state index in [-0.39, 0.29) is 17.9 Å². The minimum absolute atomic E-state index is 0.0208. The molecule has 1 heterocycles. The SMILES string of the molecule is O=C(Nc1nnc(NC2CCCC2)s1)c1ccc(OC2CCC(C(=O)O)CC2)cc1. The fourth-order valence-electron chi connectivity index (χ4n) is 4.05. The number of carbonyl (C=O) groups excluding carboxylic acids is 1. The Kier molecular flexibility index (Phi) is 6.47. The Bertz CT molecular complexity index is 871. The number of nitrogens with zero attached hydrogens (tertiary/aromatic N) is 2. The molecule has 8 nitrogen and oxygen atoms in total. The molecule has 0 atom stereocenters. The van der Waals surface area contributed by atoms with Crippen LogP contribution in [-0.4, -0.2) is 39.3 Å². The highest BCUT2D eigenvalue weighted by atomic mass is 32.1. The number of carboxylic acid groups (broad SMARTS) is 1. The van der Waals surface area contributed by atoms with Gasteiger partial charge in [0.15, 0.2) is 0 Å². The van der Waals surface area contributed by atoms with E-state index in [2.05, 4.69) is 20.8 Å². The van der Waals surface area contributed by atoms with E-state index in [0.29, 0.717) is 35.3 Å². The topological polar surface area (TPSA) is 113 Å². The number of hydrogen-bond donors (Lipinski definition) is 3. The molecule has 1 aromatic heterocycles. The number of nitrogens with one attached hydrogen (secondary N) is 2. The van der Waals surface area contributed by atoms with Crippen LogP contribution in [0.25, 0.3) is 0 Å². The summed E-state index contributed by atoms with van der Waals surface area (Å²) in [5.41, 5.74) is 0.512. The molecular formula is C21H26N4O4S. The van der Waals surface area contributed by atoms with Gasteiger partial charge in [0.25, 0.3) is 5.91 Å². The molecule has 4 rings (SSSR count). The average Bonchev–Trinajstić information content (AvgIpc) is 3.41. The van der Waals surface area contributed by atoms with Gasteiger partial charge < -0.3 is 15.2 Å². The first-order valence-corrected chi connectivity index (χ1v) is 11.3. The van der Waals surface area contributed by atoms with E-state index in [9.17, 15) is 9.59 Å². The van der Waals surface area contributed by atoms with Crippen LogP contribution in [0.1, 0.15) is 61.7 Å². The molecule has 160 valence electrons. The zero-order chi connectivity index (χ0) is 20.9. The molecule has 0 unspecified atom stereocenters. The van der Waals surface area contributed by atoms with Crippen LogP contribution in [0, 0.1) is 5.92 Å². The second-order valence-corrected chi connectivity index (χ2v) is 8.92. The fraction of sp³-hybridized carbons (Fsp3) is 0.524. The van der Waals surface area contributed by atoms with Crippen molar-refractivity contribution in [3.63, 3.8) is 0 Å². The Balaban J connectivity index is 1.27. The lowest BCUT2D eigenvalue weighted by Crippen LogP contribution is -2.27. The minimum Gasteiger partial charge on any atom is -0.490 e. The highest BCUT2D eigenvalue weighted by Crippen LogP contribution is 2.29. The number of amides is 1. The average molecular weight is 431 g/mol. The summed E-state index contributed by atoms with van der Waals surface area (Å²) in [6.07, 6.45) is 7.54. The first-order valence-electron chi connectivity index (χ1n) is 10.5. The van der Waals surface area contributed by atoms with Crippen LogP contribution in [0.15, 0.2) is 24.3 Å². The summed E-state index contributed by atoms with van der Waals surface area (Å²) in [4.78, 5) is 23.5. The molecule has 2 aliphatic carbocycles. The van der Waals surface area contributed by atoms with Gasteiger partial charge in [-0.05, 0) is 62.8 Å². The van der Waals surface area contributed by atoms with Crippen molar-refractivity contribution in [2.75, 3.05) is 10.6 Å². The maximum Gasteiger partial charge on any atom is 0.306 e. The summed E-state index contributed by atoms with van der Waals surface area (Å²) in [5.74, 6) is -0.540. The number of carbonyl (C=O) groups is 2. The molecule has 1 amide bonds. The summed E-state index contributed by atoms with van der Waals surface area (Å²) >= 11 is 1.34. The number of rotatable bonds is 7. The van der Waals surface area contributed by atoms with Gasteiger partial charge in [-0.1, -0.05) is 24.2 Å². The summed E-state index contributed by atoms with van der Waals surface area (Å²) in [6, 6.07) is 7.42. The normalized spacial score (nSPS) is 21.9. The Morgan fingerprint density at radius 2 is 1.63 bits per heavy atom. The molecule has 2 fully saturated rings. The molecule has 3 N–H and O–H groups in total. The van der Waals surface area contributed by atoms with Gasteiger partial charge >= 0.3 is 5.97 Å². The van der Waals surface area contributed by atoms with Crippen LogP contribution >= 0.6 is 11.3 Å². The number of hydrogen-bond acceptors (Lipinski definition) is 7. The van der Waals surface area contributed by atoms with Gasteiger partial charge in [-0.3, -0.25) is 14.9 Å². The van der Waals surface area contributed by atoms with Crippen LogP contribution < -0.4 is 15.4 Å². The lowest BCUT2D eigenvalue weighted by molar-refractivity contribution is -0.143. The molecule has 9 heteroatoms. The zero-order valence-corrected chi connectivity index (χ0v) is 17.5. The second-order valence-electron chi connectivity index (χ2n) is 7.95. The van der Waals surface area contributed by atoms with Crippen molar-refractivity contribution in [3.8, 4) is 5.75 Å². The second kappa shape index (κ2) is 9.42. The largest absolute Gasteiger partial charge is 0.490 e. The lowest BCUT2D eigenvalue weighted by Gasteiger charge is -2.26. The van der Waals surface area contributed by atoms with Crippen LogP contribution in [0.2, 0.25) is 0 Å². The Hall–Kier alpha value is -2.68. The number of anilines is 2. The number of aromatic nitrogens is 2. The summed E-state index contributed by atoms with van der Waals surface area (Å²) in [5, 5.41) is 24.6. The van der Waals surface area contributed by atoms with Gasteiger partial charge in [-0.2, -0.15) is 0 Å². The highest BCUT2D eigenvalue weighted by Gasteiger charge is 2.27. The molecule has 1 aromatic carbocycles. The monoisotopic (exact) mass is 430 g/mol. The van der Waals surface area contributed by atoms with Crippen LogP contribution in [-0.2, 0) is 4.79 Å². The quantitative estimate of drug-likeness (QED) is 0.604. The number of carboxylic acids is 1. The molecule has 0 bridgehead atoms. The minimum atomic E-state index is -0.722. The van der Waals surface area contributed by atoms with Crippen molar-refractivity contribution >= 4 is 33.5 Å². The van der Waals surface area contributed by atoms with Gasteiger partial charge in [0.1, 0.15) is 5.75 Å². The number of ether oxygens (including phenoxy) is 1. The maximum atomic E-state index is 12.5. The van der Waals surface area contributed by atoms with Gasteiger partial charge in [0, 0.05) is 11.6 Å². The van der Waals surface area contributed by atoms with E-state index >= 15 is 0 Å². The van der Waals surface area contributed by atoms with Crippen molar-refractivity contribution in [3.05, 3.63) is 29.8 Å². The lowest BCUT2D eigenvalue weighted by atomic mass is 9.87. The smallest absolute Gasteiger partial charge is 0.306 e. The Labute approximate surface area is 179 Å². The van der Waals surface area contributed by atoms with Crippen molar-refractivity contribution in [2.45, 2.75) is 63.5 Å².